The first kappa shape index (κ1) is 28.0. The highest BCUT2D eigenvalue weighted by Crippen LogP contribution is 2.47. The minimum Gasteiger partial charge on any atom is -0.444 e. The van der Waals surface area contributed by atoms with Crippen LogP contribution in [-0.2, 0) is 24.8 Å². The molecule has 2 N–H and O–H groups in total. The Bertz CT molecular complexity index is 1660. The predicted molar refractivity (Wildman–Crippen MR) is 149 cm³/mol. The Hall–Kier alpha value is -2.51. The summed E-state index contributed by atoms with van der Waals surface area (Å²) in [6, 6.07) is 8.11. The summed E-state index contributed by atoms with van der Waals surface area (Å²) < 4.78 is 62.8. The normalized spacial score (nSPS) is 17.9. The summed E-state index contributed by atoms with van der Waals surface area (Å²) in [4.78, 5) is 16.9. The monoisotopic (exact) mass is 614 g/mol. The van der Waals surface area contributed by atoms with Crippen molar-refractivity contribution in [2.24, 2.45) is 0 Å². The highest BCUT2D eigenvalue weighted by atomic mass is 35.5. The van der Waals surface area contributed by atoms with E-state index in [-0.39, 0.29) is 35.1 Å². The van der Waals surface area contributed by atoms with Crippen molar-refractivity contribution >= 4 is 65.9 Å². The number of nitrogens with zero attached hydrogens (tertiary/aromatic N) is 2. The van der Waals surface area contributed by atoms with Gasteiger partial charge >= 0.3 is 6.09 Å². The smallest absolute Gasteiger partial charge is 0.410 e. The summed E-state index contributed by atoms with van der Waals surface area (Å²) in [6.07, 6.45) is 2.29. The second-order valence-corrected chi connectivity index (χ2v) is 15.1. The van der Waals surface area contributed by atoms with Crippen LogP contribution >= 0.6 is 23.2 Å². The number of piperazine rings is 1. The number of nitrogens with one attached hydrogen (secondary N) is 2. The summed E-state index contributed by atoms with van der Waals surface area (Å²) in [5.41, 5.74) is -0.661. The van der Waals surface area contributed by atoms with Crippen molar-refractivity contribution in [2.75, 3.05) is 24.4 Å². The van der Waals surface area contributed by atoms with Crippen LogP contribution < -0.4 is 4.72 Å². The molecule has 0 unspecified atom stereocenters. The molecule has 14 heteroatoms. The molecule has 1 saturated carbocycles. The lowest BCUT2D eigenvalue weighted by Crippen LogP contribution is -2.58. The largest absolute Gasteiger partial charge is 0.444 e. The minimum atomic E-state index is -4.06. The average molecular weight is 616 g/mol. The number of H-pyrrole nitrogens is 1. The molecule has 2 fully saturated rings. The summed E-state index contributed by atoms with van der Waals surface area (Å²) in [7, 11) is -8.00. The molecule has 0 atom stereocenters. The summed E-state index contributed by atoms with van der Waals surface area (Å²) in [5.74, 6) is 0. The fourth-order valence-corrected chi connectivity index (χ4v) is 8.18. The number of hydrogen-bond donors (Lipinski definition) is 2. The topological polar surface area (TPSA) is 129 Å². The third kappa shape index (κ3) is 5.32. The number of carbonyl (C=O) groups excluding carboxylic acids is 1. The van der Waals surface area contributed by atoms with Crippen LogP contribution in [0.4, 0.5) is 10.5 Å². The van der Waals surface area contributed by atoms with Gasteiger partial charge in [-0.1, -0.05) is 23.2 Å². The number of fused-ring (bicyclic) bond motifs is 1. The number of benzene rings is 2. The van der Waals surface area contributed by atoms with E-state index < -0.39 is 37.3 Å². The average Bonchev–Trinajstić information content (AvgIpc) is 3.48. The van der Waals surface area contributed by atoms with Gasteiger partial charge in [0.2, 0.25) is 10.0 Å². The number of amides is 1. The van der Waals surface area contributed by atoms with Crippen LogP contribution in [0.25, 0.3) is 10.9 Å². The van der Waals surface area contributed by atoms with Crippen LogP contribution in [0.3, 0.4) is 0 Å². The molecule has 0 bridgehead atoms. The molecule has 210 valence electrons. The molecule has 0 radical (unpaired) electrons. The third-order valence-corrected chi connectivity index (χ3v) is 10.8. The van der Waals surface area contributed by atoms with Crippen molar-refractivity contribution in [1.29, 1.82) is 0 Å². The molecule has 1 aromatic heterocycles. The third-order valence-electron chi connectivity index (χ3n) is 6.77. The van der Waals surface area contributed by atoms with Gasteiger partial charge in [-0.3, -0.25) is 4.72 Å². The van der Waals surface area contributed by atoms with E-state index in [0.717, 1.165) is 0 Å². The van der Waals surface area contributed by atoms with E-state index in [0.29, 0.717) is 33.8 Å². The predicted octanol–water partition coefficient (Wildman–Crippen LogP) is 5.05. The van der Waals surface area contributed by atoms with Crippen LogP contribution in [0.5, 0.6) is 0 Å². The standard InChI is InChI=1S/C25H28Cl2N4O6S2/c1-24(2,3)37-23(32)30-12-13-31(25(15-30)10-11-25)39(35,36)17-6-4-16(5-7-17)38(33,34)29-20-9-8-18(26)21-19(27)14-28-22(20)21/h4-9,14,28-29H,10-13,15H2,1-3H3. The van der Waals surface area contributed by atoms with Gasteiger partial charge in [0.15, 0.2) is 0 Å². The number of ether oxygens (including phenoxy) is 1. The van der Waals surface area contributed by atoms with Gasteiger partial charge in [-0.15, -0.1) is 0 Å². The summed E-state index contributed by atoms with van der Waals surface area (Å²) in [6.45, 7) is 5.91. The number of aromatic amines is 1. The van der Waals surface area contributed by atoms with Crippen molar-refractivity contribution in [2.45, 2.75) is 54.5 Å². The molecule has 1 saturated heterocycles. The van der Waals surface area contributed by atoms with Gasteiger partial charge in [0, 0.05) is 31.2 Å². The molecular weight excluding hydrogens is 587 g/mol. The summed E-state index contributed by atoms with van der Waals surface area (Å²) >= 11 is 12.3. The van der Waals surface area contributed by atoms with Gasteiger partial charge in [0.1, 0.15) is 5.60 Å². The zero-order valence-electron chi connectivity index (χ0n) is 21.5. The molecule has 2 aliphatic rings. The second-order valence-electron chi connectivity index (χ2n) is 10.8. The van der Waals surface area contributed by atoms with E-state index in [1.807, 2.05) is 0 Å². The van der Waals surface area contributed by atoms with E-state index in [2.05, 4.69) is 9.71 Å². The van der Waals surface area contributed by atoms with Crippen LogP contribution in [-0.4, -0.2) is 67.9 Å². The number of rotatable bonds is 5. The van der Waals surface area contributed by atoms with Crippen LogP contribution in [0, 0.1) is 0 Å². The fraction of sp³-hybridized carbons (Fsp3) is 0.400. The van der Waals surface area contributed by atoms with Crippen LogP contribution in [0.15, 0.2) is 52.4 Å². The van der Waals surface area contributed by atoms with E-state index >= 15 is 0 Å². The SMILES string of the molecule is CC(C)(C)OC(=O)N1CCN(S(=O)(=O)c2ccc(S(=O)(=O)Nc3ccc(Cl)c4c(Cl)c[nH]c34)cc2)C2(CC2)C1. The number of anilines is 1. The zero-order chi connectivity index (χ0) is 28.4. The van der Waals surface area contributed by atoms with Crippen LogP contribution in [0.2, 0.25) is 10.0 Å². The minimum absolute atomic E-state index is 0.0246. The van der Waals surface area contributed by atoms with Gasteiger partial charge in [-0.05, 0) is 70.0 Å². The Morgan fingerprint density at radius 1 is 0.974 bits per heavy atom. The lowest BCUT2D eigenvalue weighted by Gasteiger charge is -2.41. The molecule has 2 heterocycles. The zero-order valence-corrected chi connectivity index (χ0v) is 24.6. The van der Waals surface area contributed by atoms with Crippen LogP contribution in [0.1, 0.15) is 33.6 Å². The van der Waals surface area contributed by atoms with Crippen molar-refractivity contribution in [1.82, 2.24) is 14.2 Å². The molecule has 3 aromatic rings. The Balaban J connectivity index is 1.34. The van der Waals surface area contributed by atoms with Crippen molar-refractivity contribution < 1.29 is 26.4 Å². The molecule has 1 amide bonds. The maximum absolute atomic E-state index is 13.6. The Labute approximate surface area is 237 Å². The lowest BCUT2D eigenvalue weighted by molar-refractivity contribution is 0.0109. The van der Waals surface area contributed by atoms with E-state index in [9.17, 15) is 21.6 Å². The van der Waals surface area contributed by atoms with E-state index in [4.69, 9.17) is 27.9 Å². The number of hydrogen-bond acceptors (Lipinski definition) is 6. The molecule has 1 aliphatic heterocycles. The lowest BCUT2D eigenvalue weighted by atomic mass is 10.2. The second kappa shape index (κ2) is 9.55. The Morgan fingerprint density at radius 2 is 1.62 bits per heavy atom. The maximum atomic E-state index is 13.6. The van der Waals surface area contributed by atoms with E-state index in [1.165, 1.54) is 46.9 Å². The van der Waals surface area contributed by atoms with Gasteiger partial charge in [-0.25, -0.2) is 21.6 Å². The van der Waals surface area contributed by atoms with E-state index in [1.54, 1.807) is 25.7 Å². The van der Waals surface area contributed by atoms with Crippen molar-refractivity contribution in [3.63, 3.8) is 0 Å². The van der Waals surface area contributed by atoms with Gasteiger partial charge in [0.25, 0.3) is 10.0 Å². The van der Waals surface area contributed by atoms with Gasteiger partial charge in [0.05, 0.1) is 36.6 Å². The highest BCUT2D eigenvalue weighted by Gasteiger charge is 2.57. The first-order valence-corrected chi connectivity index (χ1v) is 15.9. The maximum Gasteiger partial charge on any atom is 0.410 e. The van der Waals surface area contributed by atoms with Crippen molar-refractivity contribution in [3.8, 4) is 0 Å². The Kier molecular flexibility index (Phi) is 6.86. The molecule has 2 aromatic carbocycles. The number of carbonyl (C=O) groups is 1. The quantitative estimate of drug-likeness (QED) is 0.414. The molecule has 1 aliphatic carbocycles. The van der Waals surface area contributed by atoms with Gasteiger partial charge < -0.3 is 14.6 Å². The number of sulfonamides is 2. The summed E-state index contributed by atoms with van der Waals surface area (Å²) in [5, 5.41) is 1.21. The highest BCUT2D eigenvalue weighted by molar-refractivity contribution is 7.92. The molecular formula is C25H28Cl2N4O6S2. The van der Waals surface area contributed by atoms with Crippen molar-refractivity contribution in [3.05, 3.63) is 52.6 Å². The molecule has 39 heavy (non-hydrogen) atoms. The molecule has 1 spiro atoms. The molecule has 10 nitrogen and oxygen atoms in total. The molecule has 5 rings (SSSR count). The first-order chi connectivity index (χ1) is 18.1. The number of aromatic nitrogens is 1. The van der Waals surface area contributed by atoms with Gasteiger partial charge in [-0.2, -0.15) is 4.31 Å². The Morgan fingerprint density at radius 3 is 2.23 bits per heavy atom. The number of halogens is 2. The first-order valence-electron chi connectivity index (χ1n) is 12.2. The fourth-order valence-electron chi connectivity index (χ4n) is 4.75.